The molecule has 0 saturated carbocycles. The first-order valence-electron chi connectivity index (χ1n) is 5.45. The van der Waals surface area contributed by atoms with Crippen molar-refractivity contribution < 1.29 is 19.1 Å². The molecule has 0 amide bonds. The van der Waals surface area contributed by atoms with Gasteiger partial charge in [0.05, 0.1) is 19.1 Å². The molecule has 96 valence electrons. The van der Waals surface area contributed by atoms with E-state index in [0.29, 0.717) is 0 Å². The van der Waals surface area contributed by atoms with Gasteiger partial charge in [0, 0.05) is 0 Å². The summed E-state index contributed by atoms with van der Waals surface area (Å²) in [7, 11) is 0. The lowest BCUT2D eigenvalue weighted by Gasteiger charge is -2.23. The van der Waals surface area contributed by atoms with E-state index in [1.54, 1.807) is 33.8 Å². The maximum Gasteiger partial charge on any atom is 0.326 e. The first kappa shape index (κ1) is 15.4. The van der Waals surface area contributed by atoms with Crippen molar-refractivity contribution in [3.05, 3.63) is 0 Å². The molecule has 0 aliphatic rings. The molecule has 0 fully saturated rings. The third kappa shape index (κ3) is 5.34. The van der Waals surface area contributed by atoms with Crippen molar-refractivity contribution in [3.8, 4) is 6.07 Å². The summed E-state index contributed by atoms with van der Waals surface area (Å²) in [6, 6.07) is 1.80. The Balaban J connectivity index is 4.66. The van der Waals surface area contributed by atoms with Gasteiger partial charge in [-0.25, -0.2) is 0 Å². The van der Waals surface area contributed by atoms with Crippen LogP contribution in [0.3, 0.4) is 0 Å². The molecule has 0 aliphatic carbocycles. The number of carbonyl (C=O) groups excluding carboxylic acids is 2. The summed E-state index contributed by atoms with van der Waals surface area (Å²) in [5.41, 5.74) is -2.12. The molecule has 0 saturated heterocycles. The van der Waals surface area contributed by atoms with Gasteiger partial charge in [-0.2, -0.15) is 5.26 Å². The summed E-state index contributed by atoms with van der Waals surface area (Å²) < 4.78 is 9.83. The average molecular weight is 241 g/mol. The Morgan fingerprint density at radius 2 is 1.76 bits per heavy atom. The van der Waals surface area contributed by atoms with E-state index in [4.69, 9.17) is 14.7 Å². The minimum absolute atomic E-state index is 0.171. The van der Waals surface area contributed by atoms with Gasteiger partial charge < -0.3 is 9.47 Å². The van der Waals surface area contributed by atoms with E-state index in [-0.39, 0.29) is 13.0 Å². The second-order valence-corrected chi connectivity index (χ2v) is 4.93. The Kier molecular flexibility index (Phi) is 5.14. The minimum Gasteiger partial charge on any atom is -0.465 e. The number of hydrogen-bond donors (Lipinski definition) is 0. The first-order chi connectivity index (χ1) is 7.64. The lowest BCUT2D eigenvalue weighted by molar-refractivity contribution is -0.163. The van der Waals surface area contributed by atoms with Crippen LogP contribution in [0.25, 0.3) is 0 Å². The molecular formula is C12H19NO4. The van der Waals surface area contributed by atoms with Gasteiger partial charge in [0.15, 0.2) is 5.41 Å². The van der Waals surface area contributed by atoms with E-state index in [2.05, 4.69) is 0 Å². The highest BCUT2D eigenvalue weighted by atomic mass is 16.6. The van der Waals surface area contributed by atoms with E-state index < -0.39 is 23.0 Å². The van der Waals surface area contributed by atoms with Crippen LogP contribution in [-0.2, 0) is 19.1 Å². The van der Waals surface area contributed by atoms with E-state index >= 15 is 0 Å². The minimum atomic E-state index is -1.49. The fraction of sp³-hybridized carbons (Fsp3) is 0.750. The predicted molar refractivity (Wildman–Crippen MR) is 60.8 cm³/mol. The second-order valence-electron chi connectivity index (χ2n) is 4.93. The Bertz CT molecular complexity index is 337. The van der Waals surface area contributed by atoms with Gasteiger partial charge in [0.25, 0.3) is 0 Å². The largest absolute Gasteiger partial charge is 0.465 e. The molecule has 1 atom stereocenters. The molecule has 0 aromatic rings. The summed E-state index contributed by atoms with van der Waals surface area (Å²) in [6.07, 6.45) is -0.306. The van der Waals surface area contributed by atoms with Crippen LogP contribution >= 0.6 is 0 Å². The van der Waals surface area contributed by atoms with E-state index in [9.17, 15) is 9.59 Å². The SMILES string of the molecule is CCOC(=O)C(C)(C#N)CC(=O)OC(C)(C)C. The zero-order chi connectivity index (χ0) is 13.7. The van der Waals surface area contributed by atoms with Crippen LogP contribution in [0, 0.1) is 16.7 Å². The highest BCUT2D eigenvalue weighted by Gasteiger charge is 2.39. The maximum absolute atomic E-state index is 11.6. The summed E-state index contributed by atoms with van der Waals surface area (Å²) in [4.78, 5) is 23.1. The average Bonchev–Trinajstić information content (AvgIpc) is 2.14. The fourth-order valence-electron chi connectivity index (χ4n) is 1.11. The molecule has 0 spiro atoms. The lowest BCUT2D eigenvalue weighted by Crippen LogP contribution is -2.34. The lowest BCUT2D eigenvalue weighted by atomic mass is 9.89. The van der Waals surface area contributed by atoms with E-state index in [1.165, 1.54) is 6.92 Å². The molecule has 5 heteroatoms. The Hall–Kier alpha value is -1.57. The topological polar surface area (TPSA) is 76.4 Å². The van der Waals surface area contributed by atoms with Crippen molar-refractivity contribution >= 4 is 11.9 Å². The molecule has 5 nitrogen and oxygen atoms in total. The summed E-state index contributed by atoms with van der Waals surface area (Å²) in [5.74, 6) is -1.29. The van der Waals surface area contributed by atoms with Crippen molar-refractivity contribution in [1.29, 1.82) is 5.26 Å². The number of nitrogens with zero attached hydrogens (tertiary/aromatic N) is 1. The number of ether oxygens (including phenoxy) is 2. The van der Waals surface area contributed by atoms with Gasteiger partial charge in [-0.15, -0.1) is 0 Å². The van der Waals surface area contributed by atoms with Gasteiger partial charge in [-0.1, -0.05) is 0 Å². The smallest absolute Gasteiger partial charge is 0.326 e. The number of rotatable bonds is 4. The molecule has 0 rings (SSSR count). The molecule has 0 bridgehead atoms. The molecule has 0 aromatic carbocycles. The fourth-order valence-corrected chi connectivity index (χ4v) is 1.11. The zero-order valence-corrected chi connectivity index (χ0v) is 11.0. The highest BCUT2D eigenvalue weighted by molar-refractivity contribution is 5.85. The molecule has 0 heterocycles. The predicted octanol–water partition coefficient (Wildman–Crippen LogP) is 1.81. The number of hydrogen-bond acceptors (Lipinski definition) is 5. The van der Waals surface area contributed by atoms with Crippen LogP contribution in [0.5, 0.6) is 0 Å². The molecule has 0 N–H and O–H groups in total. The van der Waals surface area contributed by atoms with Crippen molar-refractivity contribution in [2.24, 2.45) is 5.41 Å². The molecule has 1 unspecified atom stereocenters. The van der Waals surface area contributed by atoms with Crippen LogP contribution < -0.4 is 0 Å². The second kappa shape index (κ2) is 5.67. The quantitative estimate of drug-likeness (QED) is 0.701. The van der Waals surface area contributed by atoms with Crippen LogP contribution in [0.4, 0.5) is 0 Å². The molecule has 0 aliphatic heterocycles. The van der Waals surface area contributed by atoms with Crippen molar-refractivity contribution in [3.63, 3.8) is 0 Å². The summed E-state index contributed by atoms with van der Waals surface area (Å²) in [5, 5.41) is 8.97. The molecule has 17 heavy (non-hydrogen) atoms. The number of carbonyl (C=O) groups is 2. The van der Waals surface area contributed by atoms with Crippen LogP contribution in [0.1, 0.15) is 41.0 Å². The third-order valence-electron chi connectivity index (χ3n) is 1.89. The number of esters is 2. The maximum atomic E-state index is 11.6. The van der Waals surface area contributed by atoms with Gasteiger partial charge in [-0.05, 0) is 34.6 Å². The molecule has 0 radical (unpaired) electrons. The monoisotopic (exact) mass is 241 g/mol. The normalized spacial score (nSPS) is 14.4. The standard InChI is InChI=1S/C12H19NO4/c1-6-16-10(15)12(5,8-13)7-9(14)17-11(2,3)4/h6-7H2,1-5H3. The molecule has 0 aromatic heterocycles. The van der Waals surface area contributed by atoms with Crippen LogP contribution in [-0.4, -0.2) is 24.1 Å². The van der Waals surface area contributed by atoms with E-state index in [1.807, 2.05) is 0 Å². The highest BCUT2D eigenvalue weighted by Crippen LogP contribution is 2.24. The third-order valence-corrected chi connectivity index (χ3v) is 1.89. The Morgan fingerprint density at radius 1 is 1.24 bits per heavy atom. The molecular weight excluding hydrogens is 222 g/mol. The first-order valence-corrected chi connectivity index (χ1v) is 5.45. The van der Waals surface area contributed by atoms with Crippen LogP contribution in [0.15, 0.2) is 0 Å². The van der Waals surface area contributed by atoms with Crippen molar-refractivity contribution in [2.45, 2.75) is 46.6 Å². The number of nitriles is 1. The van der Waals surface area contributed by atoms with Gasteiger partial charge >= 0.3 is 11.9 Å². The Morgan fingerprint density at radius 3 is 2.12 bits per heavy atom. The zero-order valence-electron chi connectivity index (χ0n) is 11.0. The summed E-state index contributed by atoms with van der Waals surface area (Å²) in [6.45, 7) is 8.35. The van der Waals surface area contributed by atoms with Gasteiger partial charge in [0.1, 0.15) is 5.60 Å². The van der Waals surface area contributed by atoms with Crippen LogP contribution in [0.2, 0.25) is 0 Å². The Labute approximate surface area is 102 Å². The van der Waals surface area contributed by atoms with E-state index in [0.717, 1.165) is 0 Å². The van der Waals surface area contributed by atoms with Crippen molar-refractivity contribution in [1.82, 2.24) is 0 Å². The van der Waals surface area contributed by atoms with Gasteiger partial charge in [0.2, 0.25) is 0 Å². The van der Waals surface area contributed by atoms with Gasteiger partial charge in [-0.3, -0.25) is 9.59 Å². The van der Waals surface area contributed by atoms with Crippen molar-refractivity contribution in [2.75, 3.05) is 6.61 Å². The summed E-state index contributed by atoms with van der Waals surface area (Å²) >= 11 is 0.